The van der Waals surface area contributed by atoms with Crippen LogP contribution in [0.1, 0.15) is 6.92 Å². The quantitative estimate of drug-likeness (QED) is 0.625. The molecule has 128 valence electrons. The Morgan fingerprint density at radius 2 is 1.88 bits per heavy atom. The topological polar surface area (TPSA) is 51.2 Å². The Bertz CT molecular complexity index is 849. The van der Waals surface area contributed by atoms with Crippen LogP contribution in [0.5, 0.6) is 5.75 Å². The molecule has 0 spiro atoms. The van der Waals surface area contributed by atoms with Crippen molar-refractivity contribution in [1.29, 1.82) is 0 Å². The van der Waals surface area contributed by atoms with Crippen LogP contribution in [0.25, 0.3) is 11.3 Å². The van der Waals surface area contributed by atoms with Gasteiger partial charge in [-0.15, -0.1) is 11.3 Å². The number of carbonyl (C=O) groups excluding carboxylic acids is 1. The van der Waals surface area contributed by atoms with Gasteiger partial charge in [-0.25, -0.2) is 4.98 Å². The fraction of sp³-hybridized carbons (Fsp3) is 0.158. The Kier molecular flexibility index (Phi) is 5.73. The Labute approximate surface area is 155 Å². The van der Waals surface area contributed by atoms with E-state index in [1.807, 2.05) is 66.9 Å². The van der Waals surface area contributed by atoms with Crippen LogP contribution in [0.4, 0.5) is 5.69 Å². The molecule has 6 heteroatoms. The zero-order valence-electron chi connectivity index (χ0n) is 13.9. The van der Waals surface area contributed by atoms with Gasteiger partial charge in [-0.1, -0.05) is 54.2 Å². The van der Waals surface area contributed by atoms with Crippen molar-refractivity contribution in [3.8, 4) is 17.0 Å². The lowest BCUT2D eigenvalue weighted by atomic mass is 10.2. The molecule has 0 aliphatic carbocycles. The fourth-order valence-corrected chi connectivity index (χ4v) is 4.21. The summed E-state index contributed by atoms with van der Waals surface area (Å²) in [6.07, 6.45) is 0. The van der Waals surface area contributed by atoms with Crippen molar-refractivity contribution in [1.82, 2.24) is 4.98 Å². The molecule has 0 bridgehead atoms. The number of rotatable bonds is 6. The number of aromatic nitrogens is 1. The molecular formula is C19H18N2O2S2. The molecule has 3 aromatic rings. The van der Waals surface area contributed by atoms with Crippen LogP contribution in [0.3, 0.4) is 0 Å². The SMILES string of the molecule is COc1ccccc1NC(=O)C(C)Sc1nc(-c2ccccc2)cs1. The third-order valence-corrected chi connectivity index (χ3v) is 5.64. The molecule has 1 heterocycles. The number of nitrogens with one attached hydrogen (secondary N) is 1. The number of anilines is 1. The van der Waals surface area contributed by atoms with Crippen molar-refractivity contribution in [2.45, 2.75) is 16.5 Å². The number of thioether (sulfide) groups is 1. The number of carbonyl (C=O) groups is 1. The molecule has 0 fully saturated rings. The molecule has 3 rings (SSSR count). The first kappa shape index (κ1) is 17.5. The zero-order valence-corrected chi connectivity index (χ0v) is 15.6. The summed E-state index contributed by atoms with van der Waals surface area (Å²) in [5.41, 5.74) is 2.69. The third kappa shape index (κ3) is 4.41. The highest BCUT2D eigenvalue weighted by Crippen LogP contribution is 2.31. The summed E-state index contributed by atoms with van der Waals surface area (Å²) in [4.78, 5) is 17.1. The van der Waals surface area contributed by atoms with E-state index in [-0.39, 0.29) is 11.2 Å². The minimum absolute atomic E-state index is 0.0778. The maximum Gasteiger partial charge on any atom is 0.237 e. The second kappa shape index (κ2) is 8.18. The smallest absolute Gasteiger partial charge is 0.237 e. The highest BCUT2D eigenvalue weighted by Gasteiger charge is 2.18. The van der Waals surface area contributed by atoms with Crippen LogP contribution in [0.15, 0.2) is 64.3 Å². The summed E-state index contributed by atoms with van der Waals surface area (Å²) in [7, 11) is 1.59. The average Bonchev–Trinajstić information content (AvgIpc) is 3.11. The first-order chi connectivity index (χ1) is 12.2. The maximum atomic E-state index is 12.5. The van der Waals surface area contributed by atoms with Crippen molar-refractivity contribution in [2.75, 3.05) is 12.4 Å². The standard InChI is InChI=1S/C19H18N2O2S2/c1-13(18(22)20-15-10-6-7-11-17(15)23-2)25-19-21-16(12-24-19)14-8-4-3-5-9-14/h3-13H,1-2H3,(H,20,22). The summed E-state index contributed by atoms with van der Waals surface area (Å²) in [5, 5.41) is 4.66. The van der Waals surface area contributed by atoms with Crippen LogP contribution in [0, 0.1) is 0 Å². The number of nitrogens with zero attached hydrogens (tertiary/aromatic N) is 1. The molecular weight excluding hydrogens is 352 g/mol. The third-order valence-electron chi connectivity index (χ3n) is 3.56. The molecule has 1 amide bonds. The van der Waals surface area contributed by atoms with E-state index in [0.29, 0.717) is 11.4 Å². The highest BCUT2D eigenvalue weighted by atomic mass is 32.2. The molecule has 0 saturated carbocycles. The molecule has 0 saturated heterocycles. The number of amides is 1. The lowest BCUT2D eigenvalue weighted by Gasteiger charge is -2.13. The molecule has 1 atom stereocenters. The van der Waals surface area contributed by atoms with Gasteiger partial charge in [0.2, 0.25) is 5.91 Å². The minimum Gasteiger partial charge on any atom is -0.495 e. The summed E-state index contributed by atoms with van der Waals surface area (Å²) in [6, 6.07) is 17.4. The zero-order chi connectivity index (χ0) is 17.6. The average molecular weight is 370 g/mol. The molecule has 4 nitrogen and oxygen atoms in total. The van der Waals surface area contributed by atoms with Crippen LogP contribution < -0.4 is 10.1 Å². The van der Waals surface area contributed by atoms with Crippen LogP contribution in [-0.2, 0) is 4.79 Å². The summed E-state index contributed by atoms with van der Waals surface area (Å²) >= 11 is 3.01. The van der Waals surface area contributed by atoms with Crippen molar-refractivity contribution >= 4 is 34.7 Å². The van der Waals surface area contributed by atoms with E-state index < -0.39 is 0 Å². The Morgan fingerprint density at radius 1 is 1.16 bits per heavy atom. The number of benzene rings is 2. The van der Waals surface area contributed by atoms with Crippen molar-refractivity contribution in [3.05, 3.63) is 60.0 Å². The lowest BCUT2D eigenvalue weighted by molar-refractivity contribution is -0.115. The number of hydrogen-bond acceptors (Lipinski definition) is 5. The molecule has 0 radical (unpaired) electrons. The van der Waals surface area contributed by atoms with Gasteiger partial charge < -0.3 is 10.1 Å². The fourth-order valence-electron chi connectivity index (χ4n) is 2.24. The molecule has 1 unspecified atom stereocenters. The van der Waals surface area contributed by atoms with E-state index in [1.165, 1.54) is 11.8 Å². The maximum absolute atomic E-state index is 12.5. The first-order valence-electron chi connectivity index (χ1n) is 7.79. The number of ether oxygens (including phenoxy) is 1. The second-order valence-electron chi connectivity index (χ2n) is 5.31. The van der Waals surface area contributed by atoms with Gasteiger partial charge in [0.1, 0.15) is 5.75 Å². The predicted octanol–water partition coefficient (Wildman–Crippen LogP) is 4.94. The van der Waals surface area contributed by atoms with Gasteiger partial charge in [0.05, 0.1) is 23.7 Å². The van der Waals surface area contributed by atoms with Gasteiger partial charge in [-0.3, -0.25) is 4.79 Å². The number of para-hydroxylation sites is 2. The van der Waals surface area contributed by atoms with Crippen molar-refractivity contribution in [2.24, 2.45) is 0 Å². The summed E-state index contributed by atoms with van der Waals surface area (Å²) in [5.74, 6) is 0.569. The second-order valence-corrected chi connectivity index (χ2v) is 7.76. The lowest BCUT2D eigenvalue weighted by Crippen LogP contribution is -2.22. The minimum atomic E-state index is -0.264. The van der Waals surface area contributed by atoms with E-state index in [0.717, 1.165) is 15.6 Å². The monoisotopic (exact) mass is 370 g/mol. The molecule has 1 aromatic heterocycles. The Morgan fingerprint density at radius 3 is 2.64 bits per heavy atom. The van der Waals surface area contributed by atoms with E-state index in [1.54, 1.807) is 18.4 Å². The predicted molar refractivity (Wildman–Crippen MR) is 104 cm³/mol. The summed E-state index contributed by atoms with van der Waals surface area (Å²) < 4.78 is 6.14. The number of methoxy groups -OCH3 is 1. The Hall–Kier alpha value is -2.31. The molecule has 0 aliphatic heterocycles. The largest absolute Gasteiger partial charge is 0.495 e. The van der Waals surface area contributed by atoms with E-state index >= 15 is 0 Å². The molecule has 0 aliphatic rings. The highest BCUT2D eigenvalue weighted by molar-refractivity contribution is 8.02. The van der Waals surface area contributed by atoms with Crippen molar-refractivity contribution < 1.29 is 9.53 Å². The molecule has 2 aromatic carbocycles. The normalized spacial score (nSPS) is 11.8. The van der Waals surface area contributed by atoms with Crippen LogP contribution in [0.2, 0.25) is 0 Å². The van der Waals surface area contributed by atoms with Crippen molar-refractivity contribution in [3.63, 3.8) is 0 Å². The molecule has 1 N–H and O–H groups in total. The first-order valence-corrected chi connectivity index (χ1v) is 9.55. The van der Waals surface area contributed by atoms with Crippen LogP contribution in [-0.4, -0.2) is 23.3 Å². The van der Waals surface area contributed by atoms with E-state index in [4.69, 9.17) is 4.74 Å². The molecule has 25 heavy (non-hydrogen) atoms. The number of thiazole rings is 1. The van der Waals surface area contributed by atoms with Gasteiger partial charge in [-0.2, -0.15) is 0 Å². The van der Waals surface area contributed by atoms with E-state index in [9.17, 15) is 4.79 Å². The van der Waals surface area contributed by atoms with Gasteiger partial charge in [0.15, 0.2) is 4.34 Å². The van der Waals surface area contributed by atoms with Gasteiger partial charge in [0.25, 0.3) is 0 Å². The van der Waals surface area contributed by atoms with Gasteiger partial charge in [0, 0.05) is 10.9 Å². The number of hydrogen-bond donors (Lipinski definition) is 1. The van der Waals surface area contributed by atoms with Gasteiger partial charge >= 0.3 is 0 Å². The summed E-state index contributed by atoms with van der Waals surface area (Å²) in [6.45, 7) is 1.87. The van der Waals surface area contributed by atoms with Crippen LogP contribution >= 0.6 is 23.1 Å². The Balaban J connectivity index is 1.65. The van der Waals surface area contributed by atoms with E-state index in [2.05, 4.69) is 10.3 Å². The van der Waals surface area contributed by atoms with Gasteiger partial charge in [-0.05, 0) is 19.1 Å².